The molecule has 1 amide bonds. The van der Waals surface area contributed by atoms with Gasteiger partial charge in [-0.25, -0.2) is 9.37 Å². The number of fused-ring (bicyclic) bond motifs is 1. The first-order chi connectivity index (χ1) is 16.1. The molecule has 0 bridgehead atoms. The third-order valence-electron chi connectivity index (χ3n) is 5.82. The number of aryl methyl sites for hydroxylation is 1. The van der Waals surface area contributed by atoms with Crippen LogP contribution in [0.25, 0.3) is 0 Å². The predicted octanol–water partition coefficient (Wildman–Crippen LogP) is 4.15. The van der Waals surface area contributed by atoms with Gasteiger partial charge in [0.2, 0.25) is 0 Å². The molecule has 0 atom stereocenters. The lowest BCUT2D eigenvalue weighted by Crippen LogP contribution is -2.36. The maximum atomic E-state index is 14.8. The van der Waals surface area contributed by atoms with E-state index in [2.05, 4.69) is 10.3 Å². The van der Waals surface area contributed by atoms with E-state index in [0.717, 1.165) is 17.1 Å². The number of nitrogens with zero attached hydrogens (tertiary/aromatic N) is 3. The second-order valence-electron chi connectivity index (χ2n) is 8.07. The minimum absolute atomic E-state index is 0.357. The van der Waals surface area contributed by atoms with Crippen LogP contribution in [0, 0.1) is 12.7 Å². The van der Waals surface area contributed by atoms with Crippen LogP contribution in [0.2, 0.25) is 0 Å². The second-order valence-corrected chi connectivity index (χ2v) is 8.07. The van der Waals surface area contributed by atoms with Crippen LogP contribution in [0.3, 0.4) is 0 Å². The highest BCUT2D eigenvalue weighted by atomic mass is 19.1. The molecule has 8 heteroatoms. The Kier molecular flexibility index (Phi) is 5.83. The highest BCUT2D eigenvalue weighted by molar-refractivity contribution is 6.07. The van der Waals surface area contributed by atoms with Gasteiger partial charge in [0.15, 0.2) is 5.75 Å². The van der Waals surface area contributed by atoms with Crippen molar-refractivity contribution in [3.63, 3.8) is 0 Å². The minimum atomic E-state index is -0.377. The van der Waals surface area contributed by atoms with E-state index in [0.29, 0.717) is 62.1 Å². The van der Waals surface area contributed by atoms with Gasteiger partial charge in [0.25, 0.3) is 5.91 Å². The molecule has 5 rings (SSSR count). The summed E-state index contributed by atoms with van der Waals surface area (Å²) in [6.07, 6.45) is 1.82. The molecule has 0 unspecified atom stereocenters. The van der Waals surface area contributed by atoms with Gasteiger partial charge in [0, 0.05) is 25.0 Å². The van der Waals surface area contributed by atoms with Crippen LogP contribution < -0.4 is 19.9 Å². The third kappa shape index (κ3) is 4.34. The smallest absolute Gasteiger partial charge is 0.259 e. The van der Waals surface area contributed by atoms with Crippen LogP contribution >= 0.6 is 0 Å². The van der Waals surface area contributed by atoms with Gasteiger partial charge in [-0.1, -0.05) is 12.1 Å². The fourth-order valence-electron chi connectivity index (χ4n) is 4.13. The van der Waals surface area contributed by atoms with Gasteiger partial charge in [-0.05, 0) is 48.9 Å². The highest BCUT2D eigenvalue weighted by Gasteiger charge is 2.26. The molecular formula is C25H25FN4O3. The van der Waals surface area contributed by atoms with E-state index in [1.807, 2.05) is 47.2 Å². The van der Waals surface area contributed by atoms with Gasteiger partial charge in [-0.3, -0.25) is 4.79 Å². The summed E-state index contributed by atoms with van der Waals surface area (Å²) in [5.74, 6) is 0.555. The summed E-state index contributed by atoms with van der Waals surface area (Å²) < 4.78 is 26.0. The summed E-state index contributed by atoms with van der Waals surface area (Å²) in [5, 5.41) is 2.81. The Morgan fingerprint density at radius 2 is 1.88 bits per heavy atom. The SMILES string of the molecule is Cc1ccc(N2CCOc3c(C(=O)Nc4ccc(N5CCOCC5)c(F)c4)cccc32)nc1. The standard InChI is InChI=1S/C25H25FN4O3/c1-17-5-8-23(27-16-17)30-11-14-33-24-19(3-2-4-22(24)30)25(31)28-18-6-7-21(20(26)15-18)29-9-12-32-13-10-29/h2-8,15-16H,9-14H2,1H3,(H,28,31). The van der Waals surface area contributed by atoms with Crippen LogP contribution in [0.5, 0.6) is 5.75 Å². The van der Waals surface area contributed by atoms with Crippen LogP contribution in [0.4, 0.5) is 27.3 Å². The molecule has 0 spiro atoms. The molecule has 1 aromatic heterocycles. The maximum Gasteiger partial charge on any atom is 0.259 e. The summed E-state index contributed by atoms with van der Waals surface area (Å²) in [5.41, 5.74) is 3.14. The van der Waals surface area contributed by atoms with E-state index in [9.17, 15) is 9.18 Å². The van der Waals surface area contributed by atoms with Crippen LogP contribution in [0.1, 0.15) is 15.9 Å². The fraction of sp³-hybridized carbons (Fsp3) is 0.280. The van der Waals surface area contributed by atoms with Gasteiger partial charge < -0.3 is 24.6 Å². The number of pyridine rings is 1. The molecule has 1 fully saturated rings. The van der Waals surface area contributed by atoms with E-state index in [-0.39, 0.29) is 11.7 Å². The lowest BCUT2D eigenvalue weighted by molar-refractivity contribution is 0.102. The molecule has 1 N–H and O–H groups in total. The van der Waals surface area contributed by atoms with E-state index in [1.165, 1.54) is 6.07 Å². The van der Waals surface area contributed by atoms with E-state index < -0.39 is 0 Å². The van der Waals surface area contributed by atoms with Gasteiger partial charge in [0.1, 0.15) is 18.2 Å². The average molecular weight is 448 g/mol. The largest absolute Gasteiger partial charge is 0.489 e. The summed E-state index contributed by atoms with van der Waals surface area (Å²) in [4.78, 5) is 21.6. The number of carbonyl (C=O) groups excluding carboxylic acids is 1. The van der Waals surface area contributed by atoms with Crippen molar-refractivity contribution in [1.82, 2.24) is 4.98 Å². The number of ether oxygens (including phenoxy) is 2. The summed E-state index contributed by atoms with van der Waals surface area (Å²) in [7, 11) is 0. The maximum absolute atomic E-state index is 14.8. The Balaban J connectivity index is 1.38. The minimum Gasteiger partial charge on any atom is -0.489 e. The molecule has 1 saturated heterocycles. The number of morpholine rings is 1. The number of para-hydroxylation sites is 1. The number of hydrogen-bond acceptors (Lipinski definition) is 6. The number of nitrogens with one attached hydrogen (secondary N) is 1. The van der Waals surface area contributed by atoms with Crippen molar-refractivity contribution in [2.24, 2.45) is 0 Å². The van der Waals surface area contributed by atoms with Gasteiger partial charge in [-0.2, -0.15) is 0 Å². The molecule has 2 aliphatic rings. The first-order valence-electron chi connectivity index (χ1n) is 11.0. The quantitative estimate of drug-likeness (QED) is 0.647. The molecule has 0 saturated carbocycles. The van der Waals surface area contributed by atoms with Crippen LogP contribution in [-0.4, -0.2) is 50.3 Å². The highest BCUT2D eigenvalue weighted by Crippen LogP contribution is 2.38. The number of carbonyl (C=O) groups is 1. The summed E-state index contributed by atoms with van der Waals surface area (Å²) >= 11 is 0. The van der Waals surface area contributed by atoms with Crippen molar-refractivity contribution in [3.05, 3.63) is 71.7 Å². The molecule has 3 aromatic rings. The molecule has 33 heavy (non-hydrogen) atoms. The molecule has 2 aliphatic heterocycles. The first kappa shape index (κ1) is 21.2. The summed E-state index contributed by atoms with van der Waals surface area (Å²) in [6, 6.07) is 14.1. The van der Waals surface area contributed by atoms with Gasteiger partial charge in [-0.15, -0.1) is 0 Å². The zero-order valence-corrected chi connectivity index (χ0v) is 18.4. The molecule has 2 aromatic carbocycles. The topological polar surface area (TPSA) is 66.9 Å². The number of hydrogen-bond donors (Lipinski definition) is 1. The zero-order chi connectivity index (χ0) is 22.8. The number of anilines is 4. The molecule has 170 valence electrons. The molecule has 3 heterocycles. The zero-order valence-electron chi connectivity index (χ0n) is 18.4. The van der Waals surface area contributed by atoms with Crippen molar-refractivity contribution in [3.8, 4) is 5.75 Å². The first-order valence-corrected chi connectivity index (χ1v) is 11.0. The van der Waals surface area contributed by atoms with Gasteiger partial charge in [0.05, 0.1) is 36.7 Å². The molecule has 7 nitrogen and oxygen atoms in total. The monoisotopic (exact) mass is 448 g/mol. The Bertz CT molecular complexity index is 1160. The van der Waals surface area contributed by atoms with E-state index in [4.69, 9.17) is 9.47 Å². The number of amides is 1. The van der Waals surface area contributed by atoms with Crippen molar-refractivity contribution in [1.29, 1.82) is 0 Å². The second kappa shape index (κ2) is 9.07. The lowest BCUT2D eigenvalue weighted by Gasteiger charge is -2.31. The lowest BCUT2D eigenvalue weighted by atomic mass is 10.1. The summed E-state index contributed by atoms with van der Waals surface area (Å²) in [6.45, 7) is 5.48. The van der Waals surface area contributed by atoms with Crippen LogP contribution in [-0.2, 0) is 4.74 Å². The molecule has 0 aliphatic carbocycles. The van der Waals surface area contributed by atoms with E-state index in [1.54, 1.807) is 18.2 Å². The Morgan fingerprint density at radius 1 is 1.03 bits per heavy atom. The number of rotatable bonds is 4. The molecule has 0 radical (unpaired) electrons. The van der Waals surface area contributed by atoms with Crippen molar-refractivity contribution >= 4 is 28.8 Å². The fourth-order valence-corrected chi connectivity index (χ4v) is 4.13. The molecular weight excluding hydrogens is 423 g/mol. The van der Waals surface area contributed by atoms with E-state index >= 15 is 0 Å². The average Bonchev–Trinajstić information content (AvgIpc) is 2.84. The number of halogens is 1. The van der Waals surface area contributed by atoms with Crippen molar-refractivity contribution in [2.75, 3.05) is 54.6 Å². The van der Waals surface area contributed by atoms with Crippen molar-refractivity contribution < 1.29 is 18.7 Å². The number of aromatic nitrogens is 1. The van der Waals surface area contributed by atoms with Crippen molar-refractivity contribution in [2.45, 2.75) is 6.92 Å². The van der Waals surface area contributed by atoms with Crippen LogP contribution in [0.15, 0.2) is 54.7 Å². The predicted molar refractivity (Wildman–Crippen MR) is 125 cm³/mol. The normalized spacial score (nSPS) is 15.6. The Labute approximate surface area is 191 Å². The Morgan fingerprint density at radius 3 is 2.64 bits per heavy atom. The Hall–Kier alpha value is -3.65. The third-order valence-corrected chi connectivity index (χ3v) is 5.82. The number of benzene rings is 2. The van der Waals surface area contributed by atoms with Gasteiger partial charge >= 0.3 is 0 Å².